The van der Waals surface area contributed by atoms with E-state index in [0.29, 0.717) is 5.65 Å². The summed E-state index contributed by atoms with van der Waals surface area (Å²) < 4.78 is 1.75. The van der Waals surface area contributed by atoms with Crippen LogP contribution in [0.1, 0.15) is 30.4 Å². The van der Waals surface area contributed by atoms with Crippen LogP contribution in [0.5, 0.6) is 0 Å². The van der Waals surface area contributed by atoms with Crippen molar-refractivity contribution in [1.29, 1.82) is 0 Å². The summed E-state index contributed by atoms with van der Waals surface area (Å²) in [5, 5.41) is 5.38. The van der Waals surface area contributed by atoms with Crippen molar-refractivity contribution in [3.63, 3.8) is 0 Å². The van der Waals surface area contributed by atoms with Gasteiger partial charge in [0.25, 0.3) is 5.91 Å². The van der Waals surface area contributed by atoms with Gasteiger partial charge in [-0.3, -0.25) is 14.4 Å². The minimum absolute atomic E-state index is 0.0738. The fraction of sp³-hybridized carbons (Fsp3) is 0.684. The first kappa shape index (κ1) is 19.4. The van der Waals surface area contributed by atoms with Crippen molar-refractivity contribution in [3.05, 3.63) is 12.0 Å². The number of piperazine rings is 1. The molecule has 1 amide bonds. The molecular weight excluding hydrogens is 374 g/mol. The van der Waals surface area contributed by atoms with Crippen LogP contribution in [0.2, 0.25) is 0 Å². The monoisotopic (exact) mass is 403 g/mol. The summed E-state index contributed by atoms with van der Waals surface area (Å²) in [4.78, 5) is 29.0. The Hall–Kier alpha value is -1.87. The summed E-state index contributed by atoms with van der Waals surface area (Å²) in [6, 6.07) is 0. The summed E-state index contributed by atoms with van der Waals surface area (Å²) >= 11 is 1.96. The molecule has 0 saturated carbocycles. The van der Waals surface area contributed by atoms with Crippen molar-refractivity contribution in [2.24, 2.45) is 7.05 Å². The third-order valence-electron chi connectivity index (χ3n) is 5.46. The Morgan fingerprint density at radius 3 is 2.57 bits per heavy atom. The number of rotatable bonds is 5. The van der Waals surface area contributed by atoms with Gasteiger partial charge in [0.15, 0.2) is 5.65 Å². The third kappa shape index (κ3) is 4.10. The number of aromatic nitrogens is 4. The molecule has 2 fully saturated rings. The van der Waals surface area contributed by atoms with Crippen LogP contribution in [0.4, 0.5) is 5.82 Å². The van der Waals surface area contributed by atoms with E-state index in [2.05, 4.69) is 26.8 Å². The molecule has 0 atom stereocenters. The summed E-state index contributed by atoms with van der Waals surface area (Å²) in [6.07, 6.45) is 4.37. The molecule has 0 unspecified atom stereocenters. The second-order valence-corrected chi connectivity index (χ2v) is 8.72. The van der Waals surface area contributed by atoms with E-state index >= 15 is 0 Å². The number of carbonyl (C=O) groups excluding carboxylic acids is 1. The Balaban J connectivity index is 1.55. The number of nitrogens with zero attached hydrogens (tertiary/aromatic N) is 7. The second kappa shape index (κ2) is 8.65. The molecule has 0 spiro atoms. The molecule has 2 saturated heterocycles. The maximum absolute atomic E-state index is 13.1. The van der Waals surface area contributed by atoms with Gasteiger partial charge in [0.1, 0.15) is 5.82 Å². The number of hydrogen-bond acceptors (Lipinski definition) is 7. The zero-order valence-corrected chi connectivity index (χ0v) is 17.6. The Bertz CT molecular complexity index is 825. The smallest absolute Gasteiger partial charge is 0.291 e. The first-order chi connectivity index (χ1) is 13.7. The van der Waals surface area contributed by atoms with Crippen molar-refractivity contribution >= 4 is 34.5 Å². The topological polar surface area (TPSA) is 70.4 Å². The van der Waals surface area contributed by atoms with E-state index < -0.39 is 0 Å². The zero-order chi connectivity index (χ0) is 19.5. The van der Waals surface area contributed by atoms with Crippen LogP contribution in [0.3, 0.4) is 0 Å². The number of hydrogen-bond donors (Lipinski definition) is 0. The van der Waals surface area contributed by atoms with Gasteiger partial charge < -0.3 is 9.80 Å². The lowest BCUT2D eigenvalue weighted by molar-refractivity contribution is 0.0624. The molecule has 0 N–H and O–H groups in total. The predicted molar refractivity (Wildman–Crippen MR) is 113 cm³/mol. The van der Waals surface area contributed by atoms with E-state index in [1.54, 1.807) is 4.68 Å². The molecule has 152 valence electrons. The van der Waals surface area contributed by atoms with Crippen LogP contribution in [-0.2, 0) is 7.05 Å². The Morgan fingerprint density at radius 1 is 1.11 bits per heavy atom. The molecule has 9 heteroatoms. The number of aryl methyl sites for hydroxylation is 1. The Labute approximate surface area is 170 Å². The molecule has 0 radical (unpaired) electrons. The van der Waals surface area contributed by atoms with Crippen molar-refractivity contribution in [1.82, 2.24) is 29.5 Å². The number of thioether (sulfide) groups is 1. The highest BCUT2D eigenvalue weighted by Crippen LogP contribution is 2.26. The fourth-order valence-corrected chi connectivity index (χ4v) is 4.72. The van der Waals surface area contributed by atoms with Gasteiger partial charge in [-0.25, -0.2) is 9.97 Å². The lowest BCUT2D eigenvalue weighted by Gasteiger charge is -2.34. The third-order valence-corrected chi connectivity index (χ3v) is 6.41. The van der Waals surface area contributed by atoms with Gasteiger partial charge in [-0.05, 0) is 13.0 Å². The van der Waals surface area contributed by atoms with Crippen LogP contribution < -0.4 is 4.90 Å². The van der Waals surface area contributed by atoms with Crippen molar-refractivity contribution in [2.45, 2.75) is 19.8 Å². The van der Waals surface area contributed by atoms with Crippen molar-refractivity contribution in [2.75, 3.05) is 62.2 Å². The lowest BCUT2D eigenvalue weighted by Crippen LogP contribution is -2.49. The summed E-state index contributed by atoms with van der Waals surface area (Å²) in [6.45, 7) is 8.53. The number of carbonyl (C=O) groups is 1. The molecule has 2 aliphatic heterocycles. The average Bonchev–Trinajstić information content (AvgIpc) is 3.12. The molecule has 4 rings (SSSR count). The summed E-state index contributed by atoms with van der Waals surface area (Å²) in [5.74, 6) is 3.21. The first-order valence-corrected chi connectivity index (χ1v) is 11.4. The van der Waals surface area contributed by atoms with Gasteiger partial charge in [-0.1, -0.05) is 13.3 Å². The maximum atomic E-state index is 13.1. The highest BCUT2D eigenvalue weighted by atomic mass is 32.2. The number of amides is 1. The van der Waals surface area contributed by atoms with Crippen LogP contribution in [0, 0.1) is 0 Å². The highest BCUT2D eigenvalue weighted by molar-refractivity contribution is 7.99. The quantitative estimate of drug-likeness (QED) is 0.749. The van der Waals surface area contributed by atoms with Gasteiger partial charge in [-0.15, -0.1) is 0 Å². The van der Waals surface area contributed by atoms with E-state index in [4.69, 9.17) is 4.98 Å². The van der Waals surface area contributed by atoms with E-state index in [9.17, 15) is 4.79 Å². The Morgan fingerprint density at radius 2 is 1.86 bits per heavy atom. The molecule has 4 heterocycles. The van der Waals surface area contributed by atoms with Gasteiger partial charge in [0, 0.05) is 64.0 Å². The lowest BCUT2D eigenvalue weighted by atomic mass is 10.2. The van der Waals surface area contributed by atoms with E-state index in [0.717, 1.165) is 68.5 Å². The molecule has 2 aromatic rings. The van der Waals surface area contributed by atoms with E-state index in [1.807, 2.05) is 29.9 Å². The fourth-order valence-electron chi connectivity index (χ4n) is 3.81. The molecule has 8 nitrogen and oxygen atoms in total. The largest absolute Gasteiger partial charge is 0.354 e. The molecule has 0 aliphatic carbocycles. The minimum Gasteiger partial charge on any atom is -0.354 e. The average molecular weight is 404 g/mol. The molecule has 0 bridgehead atoms. The first-order valence-electron chi connectivity index (χ1n) is 10.2. The van der Waals surface area contributed by atoms with Gasteiger partial charge in [-0.2, -0.15) is 16.9 Å². The predicted octanol–water partition coefficient (Wildman–Crippen LogP) is 1.47. The number of anilines is 1. The number of unbranched alkanes of at least 4 members (excludes halogenated alkanes) is 1. The van der Waals surface area contributed by atoms with Crippen LogP contribution in [0.15, 0.2) is 6.20 Å². The normalized spacial score (nSPS) is 18.8. The second-order valence-electron chi connectivity index (χ2n) is 7.50. The molecular formula is C19H29N7OS. The zero-order valence-electron chi connectivity index (χ0n) is 16.8. The highest BCUT2D eigenvalue weighted by Gasteiger charge is 2.27. The summed E-state index contributed by atoms with van der Waals surface area (Å²) in [7, 11) is 1.88. The summed E-state index contributed by atoms with van der Waals surface area (Å²) in [5.41, 5.74) is 0.607. The van der Waals surface area contributed by atoms with Crippen LogP contribution >= 0.6 is 11.8 Å². The maximum Gasteiger partial charge on any atom is 0.291 e. The standard InChI is InChI=1S/C19H29N7OS/c1-3-4-5-24-6-8-26(9-7-24)19(27)17-20-16-15(14-23(2)22-16)18(21-17)25-10-12-28-13-11-25/h14H,3-13H2,1-2H3. The van der Waals surface area contributed by atoms with Crippen molar-refractivity contribution < 1.29 is 4.79 Å². The number of fused-ring (bicyclic) bond motifs is 1. The van der Waals surface area contributed by atoms with Gasteiger partial charge in [0.2, 0.25) is 5.82 Å². The van der Waals surface area contributed by atoms with Gasteiger partial charge >= 0.3 is 0 Å². The SMILES string of the molecule is CCCCN1CCN(C(=O)c2nc(N3CCSCC3)c3cn(C)nc3n2)CC1. The molecule has 0 aromatic carbocycles. The molecule has 28 heavy (non-hydrogen) atoms. The Kier molecular flexibility index (Phi) is 6.01. The molecule has 2 aliphatic rings. The van der Waals surface area contributed by atoms with E-state index in [1.165, 1.54) is 12.8 Å². The van der Waals surface area contributed by atoms with Gasteiger partial charge in [0.05, 0.1) is 5.39 Å². The van der Waals surface area contributed by atoms with Crippen LogP contribution in [0.25, 0.3) is 11.0 Å². The van der Waals surface area contributed by atoms with E-state index in [-0.39, 0.29) is 11.7 Å². The van der Waals surface area contributed by atoms with Crippen LogP contribution in [-0.4, -0.2) is 92.8 Å². The molecule has 2 aromatic heterocycles. The van der Waals surface area contributed by atoms with Crippen molar-refractivity contribution in [3.8, 4) is 0 Å². The minimum atomic E-state index is -0.0738.